The molecule has 21 heavy (non-hydrogen) atoms. The fraction of sp³-hybridized carbons (Fsp3) is 0.786. The van der Waals surface area contributed by atoms with Gasteiger partial charge in [0.2, 0.25) is 17.7 Å². The quantitative estimate of drug-likeness (QED) is 0.512. The van der Waals surface area contributed by atoms with Crippen molar-refractivity contribution in [1.82, 2.24) is 10.2 Å². The Morgan fingerprint density at radius 2 is 2.14 bits per heavy atom. The third kappa shape index (κ3) is 6.30. The van der Waals surface area contributed by atoms with E-state index in [-0.39, 0.29) is 35.9 Å². The topological polar surface area (TPSA) is 66.5 Å². The summed E-state index contributed by atoms with van der Waals surface area (Å²) in [5, 5.41) is 3.11. The Labute approximate surface area is 135 Å². The minimum absolute atomic E-state index is 0.0140. The second-order valence-electron chi connectivity index (χ2n) is 5.19. The van der Waals surface area contributed by atoms with Crippen molar-refractivity contribution >= 4 is 41.2 Å². The fourth-order valence-corrected chi connectivity index (χ4v) is 3.44. The van der Waals surface area contributed by atoms with Gasteiger partial charge in [-0.15, -0.1) is 0 Å². The second-order valence-corrected chi connectivity index (χ2v) is 7.91. The zero-order valence-corrected chi connectivity index (χ0v) is 14.5. The molecular weight excluding hydrogens is 308 g/mol. The smallest absolute Gasteiger partial charge is 0.242 e. The van der Waals surface area contributed by atoms with Gasteiger partial charge in [0.1, 0.15) is 0 Å². The first kappa shape index (κ1) is 18.4. The lowest BCUT2D eigenvalue weighted by Gasteiger charge is -2.15. The molecule has 5 nitrogen and oxygen atoms in total. The monoisotopic (exact) mass is 332 g/mol. The first-order valence-electron chi connectivity index (χ1n) is 7.21. The molecule has 1 rings (SSSR count). The van der Waals surface area contributed by atoms with Crippen molar-refractivity contribution in [2.75, 3.05) is 25.1 Å². The minimum atomic E-state index is -0.249. The Hall–Kier alpha value is -0.690. The highest BCUT2D eigenvalue weighted by atomic mass is 32.2. The van der Waals surface area contributed by atoms with Gasteiger partial charge in [-0.3, -0.25) is 19.3 Å². The van der Waals surface area contributed by atoms with E-state index < -0.39 is 0 Å². The van der Waals surface area contributed by atoms with E-state index in [0.717, 1.165) is 12.2 Å². The van der Waals surface area contributed by atoms with Crippen molar-refractivity contribution in [1.29, 1.82) is 0 Å². The molecule has 0 bridgehead atoms. The van der Waals surface area contributed by atoms with Gasteiger partial charge in [-0.05, 0) is 23.7 Å². The van der Waals surface area contributed by atoms with Crippen LogP contribution in [0, 0.1) is 0 Å². The highest BCUT2D eigenvalue weighted by molar-refractivity contribution is 8.00. The molecule has 0 saturated carbocycles. The Morgan fingerprint density at radius 3 is 2.71 bits per heavy atom. The molecule has 1 atom stereocenters. The van der Waals surface area contributed by atoms with E-state index in [2.05, 4.69) is 19.2 Å². The van der Waals surface area contributed by atoms with Crippen molar-refractivity contribution in [2.45, 2.75) is 43.6 Å². The number of hydrogen-bond acceptors (Lipinski definition) is 5. The van der Waals surface area contributed by atoms with E-state index >= 15 is 0 Å². The molecule has 1 aliphatic heterocycles. The first-order valence-corrected chi connectivity index (χ1v) is 9.54. The second kappa shape index (κ2) is 9.35. The molecule has 0 spiro atoms. The number of imide groups is 1. The van der Waals surface area contributed by atoms with Gasteiger partial charge < -0.3 is 5.32 Å². The third-order valence-electron chi connectivity index (χ3n) is 3.14. The third-order valence-corrected chi connectivity index (χ3v) is 5.27. The van der Waals surface area contributed by atoms with Crippen LogP contribution in [0.2, 0.25) is 0 Å². The zero-order chi connectivity index (χ0) is 15.8. The van der Waals surface area contributed by atoms with Crippen LogP contribution in [-0.4, -0.2) is 58.2 Å². The summed E-state index contributed by atoms with van der Waals surface area (Å²) < 4.78 is 0. The number of hydrogen-bond donors (Lipinski definition) is 1. The number of nitrogens with zero attached hydrogens (tertiary/aromatic N) is 1. The Bertz CT molecular complexity index is 388. The van der Waals surface area contributed by atoms with Gasteiger partial charge >= 0.3 is 0 Å². The highest BCUT2D eigenvalue weighted by Gasteiger charge is 2.37. The van der Waals surface area contributed by atoms with Gasteiger partial charge in [-0.2, -0.15) is 23.5 Å². The van der Waals surface area contributed by atoms with Gasteiger partial charge in [0.05, 0.1) is 5.25 Å². The number of likely N-dealkylation sites (tertiary alicyclic amines) is 1. The molecule has 0 aliphatic carbocycles. The maximum atomic E-state index is 11.9. The van der Waals surface area contributed by atoms with Crippen molar-refractivity contribution in [3.8, 4) is 0 Å². The molecule has 1 heterocycles. The van der Waals surface area contributed by atoms with Gasteiger partial charge in [0.25, 0.3) is 0 Å². The molecule has 7 heteroatoms. The molecule has 0 aromatic heterocycles. The average molecular weight is 332 g/mol. The summed E-state index contributed by atoms with van der Waals surface area (Å²) >= 11 is 3.24. The van der Waals surface area contributed by atoms with E-state index in [4.69, 9.17) is 0 Å². The van der Waals surface area contributed by atoms with E-state index in [1.165, 1.54) is 16.7 Å². The first-order chi connectivity index (χ1) is 9.95. The van der Waals surface area contributed by atoms with Crippen LogP contribution in [0.25, 0.3) is 0 Å². The van der Waals surface area contributed by atoms with Crippen LogP contribution >= 0.6 is 23.5 Å². The summed E-state index contributed by atoms with van der Waals surface area (Å²) in [4.78, 5) is 36.4. The van der Waals surface area contributed by atoms with E-state index in [1.807, 2.05) is 18.0 Å². The number of thioether (sulfide) groups is 2. The zero-order valence-electron chi connectivity index (χ0n) is 12.9. The molecule has 1 saturated heterocycles. The van der Waals surface area contributed by atoms with Gasteiger partial charge in [-0.1, -0.05) is 13.8 Å². The fourth-order valence-electron chi connectivity index (χ4n) is 2.02. The lowest BCUT2D eigenvalue weighted by Crippen LogP contribution is -2.38. The maximum absolute atomic E-state index is 11.9. The summed E-state index contributed by atoms with van der Waals surface area (Å²) in [6, 6.07) is 0. The molecule has 0 aromatic carbocycles. The van der Waals surface area contributed by atoms with Crippen LogP contribution in [0.15, 0.2) is 0 Å². The standard InChI is InChI=1S/C14H24N2O3S2/c1-10(2)21-8-4-5-12(17)15-6-7-16-13(18)9-11(20-3)14(16)19/h10-11H,4-9H2,1-3H3,(H,15,17). The predicted octanol–water partition coefficient (Wildman–Crippen LogP) is 1.51. The molecule has 1 fully saturated rings. The summed E-state index contributed by atoms with van der Waals surface area (Å²) in [5.41, 5.74) is 0. The molecule has 120 valence electrons. The molecule has 1 aliphatic rings. The van der Waals surface area contributed by atoms with Crippen molar-refractivity contribution in [3.05, 3.63) is 0 Å². The largest absolute Gasteiger partial charge is 0.354 e. The lowest BCUT2D eigenvalue weighted by atomic mass is 10.3. The number of carbonyl (C=O) groups excluding carboxylic acids is 3. The van der Waals surface area contributed by atoms with Crippen LogP contribution in [0.5, 0.6) is 0 Å². The summed E-state index contributed by atoms with van der Waals surface area (Å²) in [7, 11) is 0. The van der Waals surface area contributed by atoms with Gasteiger partial charge in [0.15, 0.2) is 0 Å². The van der Waals surface area contributed by atoms with Crippen LogP contribution in [0.4, 0.5) is 0 Å². The van der Waals surface area contributed by atoms with Crippen molar-refractivity contribution in [2.24, 2.45) is 0 Å². The van der Waals surface area contributed by atoms with E-state index in [9.17, 15) is 14.4 Å². The van der Waals surface area contributed by atoms with Crippen LogP contribution in [0.3, 0.4) is 0 Å². The van der Waals surface area contributed by atoms with E-state index in [1.54, 1.807) is 0 Å². The number of rotatable bonds is 9. The Morgan fingerprint density at radius 1 is 1.43 bits per heavy atom. The number of carbonyl (C=O) groups is 3. The molecule has 1 N–H and O–H groups in total. The Kier molecular flexibility index (Phi) is 8.18. The van der Waals surface area contributed by atoms with Crippen molar-refractivity contribution in [3.63, 3.8) is 0 Å². The molecule has 1 unspecified atom stereocenters. The number of amides is 3. The van der Waals surface area contributed by atoms with E-state index in [0.29, 0.717) is 18.2 Å². The van der Waals surface area contributed by atoms with Crippen LogP contribution in [0.1, 0.15) is 33.1 Å². The van der Waals surface area contributed by atoms with Crippen LogP contribution < -0.4 is 5.32 Å². The SMILES string of the molecule is CSC1CC(=O)N(CCNC(=O)CCCSC(C)C)C1=O. The Balaban J connectivity index is 2.17. The number of nitrogens with one attached hydrogen (secondary N) is 1. The predicted molar refractivity (Wildman–Crippen MR) is 88.5 cm³/mol. The highest BCUT2D eigenvalue weighted by Crippen LogP contribution is 2.22. The maximum Gasteiger partial charge on any atom is 0.242 e. The summed E-state index contributed by atoms with van der Waals surface area (Å²) in [5.74, 6) is 0.695. The average Bonchev–Trinajstić information content (AvgIpc) is 2.70. The van der Waals surface area contributed by atoms with Crippen LogP contribution in [-0.2, 0) is 14.4 Å². The summed E-state index contributed by atoms with van der Waals surface area (Å²) in [6.45, 7) is 4.89. The lowest BCUT2D eigenvalue weighted by molar-refractivity contribution is -0.138. The molecule has 3 amide bonds. The normalized spacial score (nSPS) is 18.7. The van der Waals surface area contributed by atoms with Gasteiger partial charge in [-0.25, -0.2) is 0 Å². The molecule has 0 radical (unpaired) electrons. The van der Waals surface area contributed by atoms with Gasteiger partial charge in [0, 0.05) is 25.9 Å². The molecule has 0 aromatic rings. The minimum Gasteiger partial charge on any atom is -0.354 e. The van der Waals surface area contributed by atoms with Crippen molar-refractivity contribution < 1.29 is 14.4 Å². The summed E-state index contributed by atoms with van der Waals surface area (Å²) in [6.07, 6.45) is 3.45. The molecular formula is C14H24N2O3S2.